The molecule has 2 atom stereocenters. The average molecular weight is 246 g/mol. The van der Waals surface area contributed by atoms with Gasteiger partial charge in [-0.15, -0.1) is 0 Å². The molecule has 1 spiro atoms. The van der Waals surface area contributed by atoms with Gasteiger partial charge in [-0.2, -0.15) is 0 Å². The predicted octanol–water partition coefficient (Wildman–Crippen LogP) is 3.69. The molecule has 1 aromatic carbocycles. The van der Waals surface area contributed by atoms with Crippen molar-refractivity contribution in [1.82, 2.24) is 0 Å². The van der Waals surface area contributed by atoms with Crippen LogP contribution in [0.4, 0.5) is 0 Å². The molecule has 2 aliphatic rings. The third-order valence-corrected chi connectivity index (χ3v) is 4.19. The number of ether oxygens (including phenoxy) is 2. The van der Waals surface area contributed by atoms with Crippen molar-refractivity contribution in [2.24, 2.45) is 0 Å². The molecule has 1 heterocycles. The molecule has 18 heavy (non-hydrogen) atoms. The van der Waals surface area contributed by atoms with Gasteiger partial charge in [-0.05, 0) is 25.3 Å². The molecular weight excluding hydrogens is 224 g/mol. The van der Waals surface area contributed by atoms with Crippen molar-refractivity contribution in [3.63, 3.8) is 0 Å². The van der Waals surface area contributed by atoms with Crippen molar-refractivity contribution < 1.29 is 9.47 Å². The minimum Gasteiger partial charge on any atom is -0.344 e. The van der Waals surface area contributed by atoms with Crippen molar-refractivity contribution in [3.05, 3.63) is 35.9 Å². The highest BCUT2D eigenvalue weighted by Gasteiger charge is 2.45. The van der Waals surface area contributed by atoms with Crippen LogP contribution in [0.1, 0.15) is 44.6 Å². The van der Waals surface area contributed by atoms with E-state index in [0.29, 0.717) is 0 Å². The SMILES string of the molecule is CC1OC2(CCCCC2)OC1Cc1ccccc1. The van der Waals surface area contributed by atoms with Crippen molar-refractivity contribution in [3.8, 4) is 0 Å². The largest absolute Gasteiger partial charge is 0.344 e. The molecule has 1 aromatic rings. The van der Waals surface area contributed by atoms with Gasteiger partial charge in [0.05, 0.1) is 12.2 Å². The molecule has 0 bridgehead atoms. The van der Waals surface area contributed by atoms with E-state index in [1.807, 2.05) is 0 Å². The fourth-order valence-corrected chi connectivity index (χ4v) is 3.19. The van der Waals surface area contributed by atoms with Gasteiger partial charge in [0, 0.05) is 19.3 Å². The van der Waals surface area contributed by atoms with E-state index in [9.17, 15) is 0 Å². The van der Waals surface area contributed by atoms with Crippen LogP contribution in [-0.2, 0) is 15.9 Å². The van der Waals surface area contributed by atoms with Gasteiger partial charge in [-0.1, -0.05) is 36.8 Å². The average Bonchev–Trinajstić information content (AvgIpc) is 2.68. The quantitative estimate of drug-likeness (QED) is 0.792. The number of hydrogen-bond donors (Lipinski definition) is 0. The summed E-state index contributed by atoms with van der Waals surface area (Å²) in [5.41, 5.74) is 1.34. The Bertz CT molecular complexity index is 381. The zero-order valence-electron chi connectivity index (χ0n) is 11.1. The molecule has 1 aliphatic carbocycles. The van der Waals surface area contributed by atoms with Gasteiger partial charge in [0.25, 0.3) is 0 Å². The summed E-state index contributed by atoms with van der Waals surface area (Å²) in [5, 5.41) is 0. The van der Waals surface area contributed by atoms with Gasteiger partial charge >= 0.3 is 0 Å². The zero-order chi connectivity index (χ0) is 12.4. The summed E-state index contributed by atoms with van der Waals surface area (Å²) in [6, 6.07) is 10.6. The molecule has 2 unspecified atom stereocenters. The minimum absolute atomic E-state index is 0.211. The summed E-state index contributed by atoms with van der Waals surface area (Å²) in [4.78, 5) is 0. The van der Waals surface area contributed by atoms with Crippen LogP contribution in [-0.4, -0.2) is 18.0 Å². The van der Waals surface area contributed by atoms with Crippen LogP contribution >= 0.6 is 0 Å². The maximum atomic E-state index is 6.28. The Kier molecular flexibility index (Phi) is 3.40. The zero-order valence-corrected chi connectivity index (χ0v) is 11.1. The summed E-state index contributed by atoms with van der Waals surface area (Å²) in [6.45, 7) is 2.15. The first-order valence-corrected chi connectivity index (χ1v) is 7.17. The fourth-order valence-electron chi connectivity index (χ4n) is 3.19. The normalized spacial score (nSPS) is 30.7. The second-order valence-corrected chi connectivity index (χ2v) is 5.64. The van der Waals surface area contributed by atoms with Crippen LogP contribution in [0.3, 0.4) is 0 Å². The van der Waals surface area contributed by atoms with E-state index < -0.39 is 0 Å². The summed E-state index contributed by atoms with van der Waals surface area (Å²) >= 11 is 0. The van der Waals surface area contributed by atoms with E-state index in [4.69, 9.17) is 9.47 Å². The molecule has 1 saturated carbocycles. The molecule has 0 radical (unpaired) electrons. The van der Waals surface area contributed by atoms with Crippen LogP contribution in [0.5, 0.6) is 0 Å². The van der Waals surface area contributed by atoms with Crippen molar-refractivity contribution in [2.45, 2.75) is 63.4 Å². The van der Waals surface area contributed by atoms with Gasteiger partial charge in [0.2, 0.25) is 0 Å². The van der Waals surface area contributed by atoms with Gasteiger partial charge in [0.1, 0.15) is 0 Å². The Morgan fingerprint density at radius 2 is 1.78 bits per heavy atom. The van der Waals surface area contributed by atoms with Crippen LogP contribution in [0.15, 0.2) is 30.3 Å². The Balaban J connectivity index is 1.67. The van der Waals surface area contributed by atoms with E-state index >= 15 is 0 Å². The molecule has 2 heteroatoms. The monoisotopic (exact) mass is 246 g/mol. The molecule has 2 nitrogen and oxygen atoms in total. The first-order valence-electron chi connectivity index (χ1n) is 7.17. The highest BCUT2D eigenvalue weighted by Crippen LogP contribution is 2.41. The Hall–Kier alpha value is -0.860. The van der Waals surface area contributed by atoms with E-state index in [1.165, 1.54) is 24.8 Å². The van der Waals surface area contributed by atoms with Crippen molar-refractivity contribution in [1.29, 1.82) is 0 Å². The molecule has 0 N–H and O–H groups in total. The third kappa shape index (κ3) is 2.45. The molecule has 2 fully saturated rings. The topological polar surface area (TPSA) is 18.5 Å². The highest BCUT2D eigenvalue weighted by atomic mass is 16.8. The van der Waals surface area contributed by atoms with E-state index in [-0.39, 0.29) is 18.0 Å². The number of hydrogen-bond acceptors (Lipinski definition) is 2. The van der Waals surface area contributed by atoms with Crippen molar-refractivity contribution in [2.75, 3.05) is 0 Å². The molecule has 0 amide bonds. The number of rotatable bonds is 2. The Morgan fingerprint density at radius 3 is 2.50 bits per heavy atom. The van der Waals surface area contributed by atoms with Crippen molar-refractivity contribution >= 4 is 0 Å². The van der Waals surface area contributed by atoms with Gasteiger partial charge in [0.15, 0.2) is 5.79 Å². The van der Waals surface area contributed by atoms with Crippen LogP contribution in [0.2, 0.25) is 0 Å². The van der Waals surface area contributed by atoms with Gasteiger partial charge in [-0.25, -0.2) is 0 Å². The van der Waals surface area contributed by atoms with Gasteiger partial charge in [-0.3, -0.25) is 0 Å². The lowest BCUT2D eigenvalue weighted by atomic mass is 9.94. The predicted molar refractivity (Wildman–Crippen MR) is 71.4 cm³/mol. The molecular formula is C16H22O2. The first kappa shape index (κ1) is 12.2. The maximum Gasteiger partial charge on any atom is 0.169 e. The lowest BCUT2D eigenvalue weighted by Gasteiger charge is -2.31. The molecule has 1 saturated heterocycles. The van der Waals surface area contributed by atoms with Crippen LogP contribution in [0, 0.1) is 0 Å². The van der Waals surface area contributed by atoms with Gasteiger partial charge < -0.3 is 9.47 Å². The Morgan fingerprint density at radius 1 is 1.06 bits per heavy atom. The standard InChI is InChI=1S/C16H22O2/c1-13-15(12-14-8-4-2-5-9-14)18-16(17-13)10-6-3-7-11-16/h2,4-5,8-9,13,15H,3,6-7,10-12H2,1H3. The second-order valence-electron chi connectivity index (χ2n) is 5.64. The van der Waals surface area contributed by atoms with E-state index in [1.54, 1.807) is 0 Å². The third-order valence-electron chi connectivity index (χ3n) is 4.19. The molecule has 3 rings (SSSR count). The highest BCUT2D eigenvalue weighted by molar-refractivity contribution is 5.16. The van der Waals surface area contributed by atoms with Crippen LogP contribution < -0.4 is 0 Å². The maximum absolute atomic E-state index is 6.28. The smallest absolute Gasteiger partial charge is 0.169 e. The molecule has 98 valence electrons. The van der Waals surface area contributed by atoms with E-state index in [0.717, 1.165) is 19.3 Å². The Labute approximate surface area is 109 Å². The van der Waals surface area contributed by atoms with E-state index in [2.05, 4.69) is 37.3 Å². The molecule has 1 aliphatic heterocycles. The molecule has 0 aromatic heterocycles. The van der Waals surface area contributed by atoms with Crippen LogP contribution in [0.25, 0.3) is 0 Å². The second kappa shape index (κ2) is 5.02. The first-order chi connectivity index (χ1) is 8.77. The summed E-state index contributed by atoms with van der Waals surface area (Å²) < 4.78 is 12.4. The summed E-state index contributed by atoms with van der Waals surface area (Å²) in [7, 11) is 0. The summed E-state index contributed by atoms with van der Waals surface area (Å²) in [5.74, 6) is -0.253. The minimum atomic E-state index is -0.253. The lowest BCUT2D eigenvalue weighted by molar-refractivity contribution is -0.192. The number of benzene rings is 1. The summed E-state index contributed by atoms with van der Waals surface area (Å²) in [6.07, 6.45) is 7.34. The fraction of sp³-hybridized carbons (Fsp3) is 0.625. The lowest BCUT2D eigenvalue weighted by Crippen LogP contribution is -2.33.